The first-order valence-electron chi connectivity index (χ1n) is 5.32. The van der Waals surface area contributed by atoms with Crippen molar-refractivity contribution in [2.24, 2.45) is 5.92 Å². The summed E-state index contributed by atoms with van der Waals surface area (Å²) >= 11 is 0. The molecular formula is C11H20O2. The summed E-state index contributed by atoms with van der Waals surface area (Å²) in [5, 5.41) is 0. The fraction of sp³-hybridized carbons (Fsp3) is 0.909. The van der Waals surface area contributed by atoms with E-state index in [4.69, 9.17) is 4.74 Å². The minimum Gasteiger partial charge on any atom is -0.378 e. The Hall–Kier alpha value is -0.370. The summed E-state index contributed by atoms with van der Waals surface area (Å²) in [6.45, 7) is 5.01. The lowest BCUT2D eigenvalue weighted by atomic mass is 9.99. The third-order valence-electron chi connectivity index (χ3n) is 2.37. The average molecular weight is 184 g/mol. The maximum absolute atomic E-state index is 11.4. The van der Waals surface area contributed by atoms with E-state index in [9.17, 15) is 4.79 Å². The molecule has 1 atom stereocenters. The largest absolute Gasteiger partial charge is 0.378 e. The summed E-state index contributed by atoms with van der Waals surface area (Å²) in [5.41, 5.74) is 0. The Morgan fingerprint density at radius 1 is 1.46 bits per heavy atom. The molecule has 0 bridgehead atoms. The first-order chi connectivity index (χ1) is 6.18. The number of hydrogen-bond donors (Lipinski definition) is 0. The molecular weight excluding hydrogens is 164 g/mol. The summed E-state index contributed by atoms with van der Waals surface area (Å²) in [4.78, 5) is 11.4. The molecule has 1 unspecified atom stereocenters. The molecule has 2 nitrogen and oxygen atoms in total. The van der Waals surface area contributed by atoms with Gasteiger partial charge in [0.05, 0.1) is 6.10 Å². The van der Waals surface area contributed by atoms with Gasteiger partial charge in [-0.25, -0.2) is 0 Å². The van der Waals surface area contributed by atoms with Crippen LogP contribution in [-0.4, -0.2) is 18.5 Å². The van der Waals surface area contributed by atoms with Gasteiger partial charge in [0, 0.05) is 19.4 Å². The van der Waals surface area contributed by atoms with Crippen molar-refractivity contribution in [3.63, 3.8) is 0 Å². The summed E-state index contributed by atoms with van der Waals surface area (Å²) in [6.07, 6.45) is 5.02. The molecule has 0 N–H and O–H groups in total. The minimum atomic E-state index is 0.222. The molecule has 2 heteroatoms. The second-order valence-corrected chi connectivity index (χ2v) is 4.33. The number of rotatable bonds is 4. The molecule has 0 radical (unpaired) electrons. The van der Waals surface area contributed by atoms with Crippen LogP contribution in [-0.2, 0) is 9.53 Å². The Kier molecular flexibility index (Phi) is 4.43. The molecule has 0 aromatic heterocycles. The molecule has 0 saturated carbocycles. The van der Waals surface area contributed by atoms with Crippen LogP contribution < -0.4 is 0 Å². The number of carbonyl (C=O) groups excluding carboxylic acids is 1. The van der Waals surface area contributed by atoms with Gasteiger partial charge in [-0.1, -0.05) is 13.8 Å². The molecule has 0 aromatic carbocycles. The van der Waals surface area contributed by atoms with Crippen molar-refractivity contribution in [2.75, 3.05) is 6.61 Å². The minimum absolute atomic E-state index is 0.222. The highest BCUT2D eigenvalue weighted by molar-refractivity contribution is 5.79. The van der Waals surface area contributed by atoms with Crippen LogP contribution in [0.15, 0.2) is 0 Å². The standard InChI is InChI=1S/C11H20O2/c1-9(2)7-10(12)8-11-5-3-4-6-13-11/h9,11H,3-8H2,1-2H3. The van der Waals surface area contributed by atoms with Gasteiger partial charge in [0.2, 0.25) is 0 Å². The molecule has 1 heterocycles. The molecule has 1 aliphatic heterocycles. The summed E-state index contributed by atoms with van der Waals surface area (Å²) in [5.74, 6) is 0.845. The maximum atomic E-state index is 11.4. The number of ketones is 1. The number of Topliss-reactive ketones (excluding diaryl/α,β-unsaturated/α-hetero) is 1. The summed E-state index contributed by atoms with van der Waals surface area (Å²) in [7, 11) is 0. The van der Waals surface area contributed by atoms with E-state index in [0.29, 0.717) is 24.5 Å². The molecule has 76 valence electrons. The van der Waals surface area contributed by atoms with Crippen LogP contribution in [0.3, 0.4) is 0 Å². The Balaban J connectivity index is 2.18. The highest BCUT2D eigenvalue weighted by atomic mass is 16.5. The van der Waals surface area contributed by atoms with Crippen molar-refractivity contribution >= 4 is 5.78 Å². The van der Waals surface area contributed by atoms with Gasteiger partial charge < -0.3 is 4.74 Å². The van der Waals surface area contributed by atoms with Crippen LogP contribution in [0, 0.1) is 5.92 Å². The van der Waals surface area contributed by atoms with Gasteiger partial charge in [-0.15, -0.1) is 0 Å². The third-order valence-corrected chi connectivity index (χ3v) is 2.37. The van der Waals surface area contributed by atoms with Gasteiger partial charge in [0.1, 0.15) is 5.78 Å². The van der Waals surface area contributed by atoms with Crippen LogP contribution >= 0.6 is 0 Å². The molecule has 1 aliphatic rings. The second-order valence-electron chi connectivity index (χ2n) is 4.33. The second kappa shape index (κ2) is 5.38. The van der Waals surface area contributed by atoms with Crippen molar-refractivity contribution in [3.8, 4) is 0 Å². The molecule has 0 aliphatic carbocycles. The average Bonchev–Trinajstić information content (AvgIpc) is 2.04. The van der Waals surface area contributed by atoms with Gasteiger partial charge in [0.25, 0.3) is 0 Å². The highest BCUT2D eigenvalue weighted by Gasteiger charge is 2.17. The number of ether oxygens (including phenoxy) is 1. The smallest absolute Gasteiger partial charge is 0.135 e. The van der Waals surface area contributed by atoms with E-state index >= 15 is 0 Å². The SMILES string of the molecule is CC(C)CC(=O)CC1CCCCO1. The Labute approximate surface area is 80.7 Å². The van der Waals surface area contributed by atoms with E-state index in [1.807, 2.05) is 0 Å². The van der Waals surface area contributed by atoms with Crippen molar-refractivity contribution in [3.05, 3.63) is 0 Å². The van der Waals surface area contributed by atoms with Gasteiger partial charge >= 0.3 is 0 Å². The van der Waals surface area contributed by atoms with Crippen molar-refractivity contribution in [1.29, 1.82) is 0 Å². The Morgan fingerprint density at radius 3 is 2.77 bits per heavy atom. The van der Waals surface area contributed by atoms with E-state index in [2.05, 4.69) is 13.8 Å². The summed E-state index contributed by atoms with van der Waals surface area (Å²) < 4.78 is 5.51. The van der Waals surface area contributed by atoms with Crippen LogP contribution in [0.1, 0.15) is 46.0 Å². The van der Waals surface area contributed by atoms with Crippen LogP contribution in [0.5, 0.6) is 0 Å². The first-order valence-corrected chi connectivity index (χ1v) is 5.32. The fourth-order valence-corrected chi connectivity index (χ4v) is 1.76. The lowest BCUT2D eigenvalue weighted by molar-refractivity contribution is -0.123. The molecule has 1 saturated heterocycles. The van der Waals surface area contributed by atoms with Gasteiger partial charge in [-0.2, -0.15) is 0 Å². The zero-order valence-electron chi connectivity index (χ0n) is 8.71. The first kappa shape index (κ1) is 10.7. The van der Waals surface area contributed by atoms with E-state index in [1.54, 1.807) is 0 Å². The van der Waals surface area contributed by atoms with Crippen LogP contribution in [0.2, 0.25) is 0 Å². The van der Waals surface area contributed by atoms with Crippen molar-refractivity contribution in [1.82, 2.24) is 0 Å². The van der Waals surface area contributed by atoms with E-state index in [1.165, 1.54) is 6.42 Å². The van der Waals surface area contributed by atoms with E-state index < -0.39 is 0 Å². The lowest BCUT2D eigenvalue weighted by Gasteiger charge is -2.22. The summed E-state index contributed by atoms with van der Waals surface area (Å²) in [6, 6.07) is 0. The predicted molar refractivity (Wildman–Crippen MR) is 52.7 cm³/mol. The maximum Gasteiger partial charge on any atom is 0.135 e. The Bertz CT molecular complexity index is 157. The van der Waals surface area contributed by atoms with Gasteiger partial charge in [-0.05, 0) is 25.2 Å². The molecule has 1 fully saturated rings. The molecule has 13 heavy (non-hydrogen) atoms. The molecule has 0 spiro atoms. The van der Waals surface area contributed by atoms with Crippen LogP contribution in [0.25, 0.3) is 0 Å². The van der Waals surface area contributed by atoms with Gasteiger partial charge in [-0.3, -0.25) is 4.79 Å². The molecule has 0 amide bonds. The third kappa shape index (κ3) is 4.41. The number of hydrogen-bond acceptors (Lipinski definition) is 2. The van der Waals surface area contributed by atoms with E-state index in [-0.39, 0.29) is 6.10 Å². The quantitative estimate of drug-likeness (QED) is 0.671. The fourth-order valence-electron chi connectivity index (χ4n) is 1.76. The molecule has 0 aromatic rings. The lowest BCUT2D eigenvalue weighted by Crippen LogP contribution is -2.22. The highest BCUT2D eigenvalue weighted by Crippen LogP contribution is 2.17. The monoisotopic (exact) mass is 184 g/mol. The van der Waals surface area contributed by atoms with Crippen molar-refractivity contribution in [2.45, 2.75) is 52.1 Å². The zero-order valence-corrected chi connectivity index (χ0v) is 8.71. The predicted octanol–water partition coefficient (Wildman–Crippen LogP) is 2.56. The topological polar surface area (TPSA) is 26.3 Å². The Morgan fingerprint density at radius 2 is 2.23 bits per heavy atom. The van der Waals surface area contributed by atoms with Crippen molar-refractivity contribution < 1.29 is 9.53 Å². The van der Waals surface area contributed by atoms with E-state index in [0.717, 1.165) is 19.4 Å². The molecule has 1 rings (SSSR count). The van der Waals surface area contributed by atoms with Crippen LogP contribution in [0.4, 0.5) is 0 Å². The zero-order chi connectivity index (χ0) is 9.68. The van der Waals surface area contributed by atoms with Gasteiger partial charge in [0.15, 0.2) is 0 Å². The normalized spacial score (nSPS) is 23.5. The number of carbonyl (C=O) groups is 1.